The number of carbonyl (C=O) groups excluding carboxylic acids is 1. The van der Waals surface area contributed by atoms with E-state index >= 15 is 0 Å². The summed E-state index contributed by atoms with van der Waals surface area (Å²) in [6, 6.07) is 9.06. The molecule has 0 aromatic carbocycles. The fraction of sp³-hybridized carbons (Fsp3) is 0.176. The molecule has 3 heterocycles. The number of rotatable bonds is 4. The molecule has 0 unspecified atom stereocenters. The topological polar surface area (TPSA) is 79.8 Å². The Kier molecular flexibility index (Phi) is 4.81. The molecule has 6 nitrogen and oxygen atoms in total. The number of hydrogen-bond acceptors (Lipinski definition) is 5. The molecule has 0 atom stereocenters. The number of pyridine rings is 2. The number of nitrogens with zero attached hydrogens (tertiary/aromatic N) is 3. The Labute approximate surface area is 144 Å². The highest BCUT2D eigenvalue weighted by Gasteiger charge is 2.10. The molecule has 0 aliphatic heterocycles. The monoisotopic (exact) mass is 339 g/mol. The number of urea groups is 1. The SMILES string of the molecule is CC(C)c1ccnc(NC(=O)Nc2csc(-c3ccccn3)n2)c1. The second-order valence-corrected chi connectivity index (χ2v) is 6.32. The molecule has 122 valence electrons. The molecule has 0 radical (unpaired) electrons. The van der Waals surface area contributed by atoms with E-state index in [1.54, 1.807) is 17.8 Å². The summed E-state index contributed by atoms with van der Waals surface area (Å²) in [7, 11) is 0. The smallest absolute Gasteiger partial charge is 0.292 e. The third-order valence-corrected chi connectivity index (χ3v) is 4.19. The number of hydrogen-bond donors (Lipinski definition) is 2. The Hall–Kier alpha value is -2.80. The van der Waals surface area contributed by atoms with Gasteiger partial charge in [-0.15, -0.1) is 11.3 Å². The van der Waals surface area contributed by atoms with Crippen molar-refractivity contribution < 1.29 is 4.79 Å². The van der Waals surface area contributed by atoms with E-state index in [9.17, 15) is 4.79 Å². The van der Waals surface area contributed by atoms with Crippen LogP contribution in [0.3, 0.4) is 0 Å². The Morgan fingerprint density at radius 2 is 1.92 bits per heavy atom. The van der Waals surface area contributed by atoms with Gasteiger partial charge in [-0.1, -0.05) is 19.9 Å². The second-order valence-electron chi connectivity index (χ2n) is 5.46. The molecule has 3 aromatic rings. The van der Waals surface area contributed by atoms with Gasteiger partial charge < -0.3 is 0 Å². The molecule has 24 heavy (non-hydrogen) atoms. The Balaban J connectivity index is 1.65. The highest BCUT2D eigenvalue weighted by Crippen LogP contribution is 2.24. The minimum absolute atomic E-state index is 0.371. The first-order chi connectivity index (χ1) is 11.6. The highest BCUT2D eigenvalue weighted by molar-refractivity contribution is 7.13. The van der Waals surface area contributed by atoms with Crippen molar-refractivity contribution in [2.75, 3.05) is 10.6 Å². The second kappa shape index (κ2) is 7.18. The Bertz CT molecular complexity index is 832. The van der Waals surface area contributed by atoms with Crippen LogP contribution in [0.4, 0.5) is 16.4 Å². The number of aromatic nitrogens is 3. The normalized spacial score (nSPS) is 10.6. The molecule has 0 bridgehead atoms. The maximum absolute atomic E-state index is 12.1. The van der Waals surface area contributed by atoms with Gasteiger partial charge in [-0.25, -0.2) is 14.8 Å². The van der Waals surface area contributed by atoms with E-state index < -0.39 is 0 Å². The first kappa shape index (κ1) is 16.1. The van der Waals surface area contributed by atoms with Gasteiger partial charge in [0.25, 0.3) is 0 Å². The van der Waals surface area contributed by atoms with Crippen molar-refractivity contribution in [1.82, 2.24) is 15.0 Å². The molecule has 2 N–H and O–H groups in total. The molecule has 0 fully saturated rings. The fourth-order valence-corrected chi connectivity index (χ4v) is 2.80. The average Bonchev–Trinajstić information content (AvgIpc) is 3.04. The Morgan fingerprint density at radius 3 is 2.67 bits per heavy atom. The lowest BCUT2D eigenvalue weighted by Gasteiger charge is -2.08. The standard InChI is InChI=1S/C17H17N5OS/c1-11(2)12-6-8-19-14(9-12)21-17(23)22-15-10-24-16(20-15)13-5-3-4-7-18-13/h3-11H,1-2H3,(H2,19,21,22,23). The maximum atomic E-state index is 12.1. The molecule has 0 spiro atoms. The fourth-order valence-electron chi connectivity index (χ4n) is 2.08. The van der Waals surface area contributed by atoms with E-state index in [0.29, 0.717) is 17.6 Å². The molecule has 3 aromatic heterocycles. The van der Waals surface area contributed by atoms with Crippen LogP contribution in [-0.2, 0) is 0 Å². The summed E-state index contributed by atoms with van der Waals surface area (Å²) < 4.78 is 0. The van der Waals surface area contributed by atoms with Crippen LogP contribution in [0.5, 0.6) is 0 Å². The molecule has 0 aliphatic rings. The van der Waals surface area contributed by atoms with E-state index in [2.05, 4.69) is 39.4 Å². The lowest BCUT2D eigenvalue weighted by molar-refractivity contribution is 0.262. The van der Waals surface area contributed by atoms with Crippen molar-refractivity contribution in [1.29, 1.82) is 0 Å². The molecule has 3 rings (SSSR count). The van der Waals surface area contributed by atoms with Gasteiger partial charge in [-0.2, -0.15) is 0 Å². The number of carbonyl (C=O) groups is 1. The lowest BCUT2D eigenvalue weighted by atomic mass is 10.1. The highest BCUT2D eigenvalue weighted by atomic mass is 32.1. The van der Waals surface area contributed by atoms with Crippen molar-refractivity contribution >= 4 is 29.0 Å². The van der Waals surface area contributed by atoms with E-state index in [4.69, 9.17) is 0 Å². The minimum Gasteiger partial charge on any atom is -0.292 e. The summed E-state index contributed by atoms with van der Waals surface area (Å²) in [4.78, 5) is 24.9. The van der Waals surface area contributed by atoms with Crippen LogP contribution in [0, 0.1) is 0 Å². The van der Waals surface area contributed by atoms with Gasteiger partial charge in [0.1, 0.15) is 16.6 Å². The van der Waals surface area contributed by atoms with Crippen molar-refractivity contribution in [3.8, 4) is 10.7 Å². The lowest BCUT2D eigenvalue weighted by Crippen LogP contribution is -2.20. The third kappa shape index (κ3) is 3.94. The summed E-state index contributed by atoms with van der Waals surface area (Å²) in [5.74, 6) is 1.37. The zero-order chi connectivity index (χ0) is 16.9. The van der Waals surface area contributed by atoms with Gasteiger partial charge >= 0.3 is 6.03 Å². The molecular formula is C17H17N5OS. The van der Waals surface area contributed by atoms with Crippen LogP contribution in [0.15, 0.2) is 48.1 Å². The predicted molar refractivity (Wildman–Crippen MR) is 96.3 cm³/mol. The maximum Gasteiger partial charge on any atom is 0.326 e. The number of amides is 2. The van der Waals surface area contributed by atoms with Gasteiger partial charge in [0.15, 0.2) is 0 Å². The van der Waals surface area contributed by atoms with Crippen LogP contribution >= 0.6 is 11.3 Å². The summed E-state index contributed by atoms with van der Waals surface area (Å²) in [6.07, 6.45) is 3.40. The molecular weight excluding hydrogens is 322 g/mol. The van der Waals surface area contributed by atoms with Gasteiger partial charge in [0, 0.05) is 17.8 Å². The van der Waals surface area contributed by atoms with Crippen LogP contribution in [0.25, 0.3) is 10.7 Å². The zero-order valence-corrected chi connectivity index (χ0v) is 14.2. The van der Waals surface area contributed by atoms with Crippen LogP contribution < -0.4 is 10.6 Å². The van der Waals surface area contributed by atoms with Crippen molar-refractivity contribution in [2.45, 2.75) is 19.8 Å². The summed E-state index contributed by atoms with van der Waals surface area (Å²) in [5, 5.41) is 7.97. The van der Waals surface area contributed by atoms with Crippen LogP contribution in [0.1, 0.15) is 25.3 Å². The van der Waals surface area contributed by atoms with Crippen molar-refractivity contribution in [2.24, 2.45) is 0 Å². The third-order valence-electron chi connectivity index (χ3n) is 3.32. The van der Waals surface area contributed by atoms with Crippen molar-refractivity contribution in [3.63, 3.8) is 0 Å². The first-order valence-corrected chi connectivity index (χ1v) is 8.40. The van der Waals surface area contributed by atoms with Gasteiger partial charge in [-0.05, 0) is 35.7 Å². The minimum atomic E-state index is -0.374. The van der Waals surface area contributed by atoms with Gasteiger partial charge in [0.05, 0.1) is 5.69 Å². The average molecular weight is 339 g/mol. The predicted octanol–water partition coefficient (Wildman–Crippen LogP) is 4.37. The Morgan fingerprint density at radius 1 is 1.08 bits per heavy atom. The van der Waals surface area contributed by atoms with E-state index in [0.717, 1.165) is 16.3 Å². The van der Waals surface area contributed by atoms with Crippen molar-refractivity contribution in [3.05, 3.63) is 53.7 Å². The van der Waals surface area contributed by atoms with Crippen LogP contribution in [0.2, 0.25) is 0 Å². The zero-order valence-electron chi connectivity index (χ0n) is 13.4. The summed E-state index contributed by atoms with van der Waals surface area (Å²) in [5.41, 5.74) is 1.90. The van der Waals surface area contributed by atoms with Crippen LogP contribution in [-0.4, -0.2) is 21.0 Å². The van der Waals surface area contributed by atoms with E-state index in [1.165, 1.54) is 11.3 Å². The largest absolute Gasteiger partial charge is 0.326 e. The van der Waals surface area contributed by atoms with E-state index in [-0.39, 0.29) is 6.03 Å². The number of anilines is 2. The molecule has 0 saturated carbocycles. The van der Waals surface area contributed by atoms with E-state index in [1.807, 2.05) is 30.3 Å². The van der Waals surface area contributed by atoms with Gasteiger partial charge in [-0.3, -0.25) is 15.6 Å². The molecule has 0 aliphatic carbocycles. The summed E-state index contributed by atoms with van der Waals surface area (Å²) in [6.45, 7) is 4.18. The number of nitrogens with one attached hydrogen (secondary N) is 2. The first-order valence-electron chi connectivity index (χ1n) is 7.52. The number of thiazole rings is 1. The molecule has 7 heteroatoms. The summed E-state index contributed by atoms with van der Waals surface area (Å²) >= 11 is 1.43. The van der Waals surface area contributed by atoms with Gasteiger partial charge in [0.2, 0.25) is 0 Å². The molecule has 2 amide bonds. The molecule has 0 saturated heterocycles. The quantitative estimate of drug-likeness (QED) is 0.740.